The van der Waals surface area contributed by atoms with Crippen molar-refractivity contribution in [2.24, 2.45) is 22.2 Å². The van der Waals surface area contributed by atoms with Crippen molar-refractivity contribution in [1.29, 1.82) is 0 Å². The molecule has 2 saturated carbocycles. The lowest BCUT2D eigenvalue weighted by atomic mass is 9.54. The highest BCUT2D eigenvalue weighted by Crippen LogP contribution is 2.54. The molecular weight excluding hydrogens is 246 g/mol. The zero-order valence-electron chi connectivity index (χ0n) is 14.3. The summed E-state index contributed by atoms with van der Waals surface area (Å²) in [6.45, 7) is 14.0. The van der Waals surface area contributed by atoms with Gasteiger partial charge in [-0.15, -0.1) is 0 Å². The van der Waals surface area contributed by atoms with E-state index in [0.717, 1.165) is 25.7 Å². The van der Waals surface area contributed by atoms with Crippen LogP contribution < -0.4 is 5.32 Å². The highest BCUT2D eigenvalue weighted by Gasteiger charge is 2.48. The molecule has 2 fully saturated rings. The molecule has 20 heavy (non-hydrogen) atoms. The van der Waals surface area contributed by atoms with Crippen LogP contribution in [-0.4, -0.2) is 11.9 Å². The predicted octanol–water partition coefficient (Wildman–Crippen LogP) is 4.53. The van der Waals surface area contributed by atoms with Crippen LogP contribution in [-0.2, 0) is 4.79 Å². The lowest BCUT2D eigenvalue weighted by molar-refractivity contribution is -0.127. The van der Waals surface area contributed by atoms with Crippen LogP contribution in [0.1, 0.15) is 80.1 Å². The van der Waals surface area contributed by atoms with Crippen molar-refractivity contribution in [2.45, 2.75) is 86.1 Å². The van der Waals surface area contributed by atoms with Crippen LogP contribution in [0, 0.1) is 22.2 Å². The molecule has 0 saturated heterocycles. The van der Waals surface area contributed by atoms with Gasteiger partial charge in [0.05, 0.1) is 0 Å². The number of rotatable bonds is 3. The Morgan fingerprint density at radius 2 is 1.60 bits per heavy atom. The molecular formula is C18H33NO. The molecule has 0 atom stereocenters. The third-order valence-electron chi connectivity index (χ3n) is 6.36. The quantitative estimate of drug-likeness (QED) is 0.807. The van der Waals surface area contributed by atoms with Crippen molar-refractivity contribution in [3.05, 3.63) is 0 Å². The van der Waals surface area contributed by atoms with E-state index < -0.39 is 0 Å². The molecule has 2 aliphatic rings. The Morgan fingerprint density at radius 1 is 1.10 bits per heavy atom. The monoisotopic (exact) mass is 279 g/mol. The van der Waals surface area contributed by atoms with Gasteiger partial charge >= 0.3 is 0 Å². The van der Waals surface area contributed by atoms with E-state index in [1.807, 2.05) is 0 Å². The third-order valence-corrected chi connectivity index (χ3v) is 6.36. The number of hydrogen-bond acceptors (Lipinski definition) is 1. The molecule has 0 radical (unpaired) electrons. The molecule has 0 aromatic carbocycles. The van der Waals surface area contributed by atoms with Gasteiger partial charge in [-0.2, -0.15) is 0 Å². The average Bonchev–Trinajstić information content (AvgIpc) is 3.08. The summed E-state index contributed by atoms with van der Waals surface area (Å²) >= 11 is 0. The van der Waals surface area contributed by atoms with Crippen molar-refractivity contribution in [3.63, 3.8) is 0 Å². The predicted molar refractivity (Wildman–Crippen MR) is 84.5 cm³/mol. The lowest BCUT2D eigenvalue weighted by Crippen LogP contribution is -2.48. The van der Waals surface area contributed by atoms with Gasteiger partial charge in [-0.1, -0.05) is 41.5 Å². The summed E-state index contributed by atoms with van der Waals surface area (Å²) in [5.74, 6) is 1.01. The lowest BCUT2D eigenvalue weighted by Gasteiger charge is -2.52. The Bertz CT molecular complexity index is 365. The summed E-state index contributed by atoms with van der Waals surface area (Å²) in [6, 6.07) is 0.411. The first-order valence-corrected chi connectivity index (χ1v) is 8.42. The van der Waals surface area contributed by atoms with Crippen molar-refractivity contribution in [2.75, 3.05) is 0 Å². The fraction of sp³-hybridized carbons (Fsp3) is 0.944. The standard InChI is InChI=1S/C18H33NO/c1-13(2)18(16(3,4)5)9-7-14(8-10-18)19-15(20)17(6)11-12-17/h13-14H,7-12H2,1-6H3,(H,19,20). The number of carbonyl (C=O) groups excluding carboxylic acids is 1. The molecule has 2 rings (SSSR count). The Hall–Kier alpha value is -0.530. The van der Waals surface area contributed by atoms with E-state index in [0.29, 0.717) is 28.7 Å². The van der Waals surface area contributed by atoms with Gasteiger partial charge in [0.25, 0.3) is 0 Å². The second-order valence-corrected chi connectivity index (χ2v) is 8.87. The third kappa shape index (κ3) is 2.76. The molecule has 0 aliphatic heterocycles. The molecule has 0 aromatic rings. The molecule has 1 N–H and O–H groups in total. The highest BCUT2D eigenvalue weighted by atomic mass is 16.2. The Labute approximate surface area is 125 Å². The zero-order valence-corrected chi connectivity index (χ0v) is 14.3. The maximum atomic E-state index is 12.2. The maximum absolute atomic E-state index is 12.2. The first kappa shape index (κ1) is 15.9. The molecule has 116 valence electrons. The molecule has 0 aromatic heterocycles. The van der Waals surface area contributed by atoms with E-state index in [4.69, 9.17) is 0 Å². The second kappa shape index (κ2) is 5.03. The van der Waals surface area contributed by atoms with Crippen molar-refractivity contribution >= 4 is 5.91 Å². The summed E-state index contributed by atoms with van der Waals surface area (Å²) < 4.78 is 0. The smallest absolute Gasteiger partial charge is 0.226 e. The van der Waals surface area contributed by atoms with Crippen LogP contribution in [0.25, 0.3) is 0 Å². The van der Waals surface area contributed by atoms with E-state index in [1.165, 1.54) is 12.8 Å². The van der Waals surface area contributed by atoms with E-state index >= 15 is 0 Å². The minimum absolute atomic E-state index is 0.0311. The van der Waals surface area contributed by atoms with Gasteiger partial charge in [0.2, 0.25) is 5.91 Å². The van der Waals surface area contributed by atoms with Crippen LogP contribution in [0.5, 0.6) is 0 Å². The van der Waals surface area contributed by atoms with Crippen molar-refractivity contribution in [3.8, 4) is 0 Å². The maximum Gasteiger partial charge on any atom is 0.226 e. The van der Waals surface area contributed by atoms with Crippen LogP contribution >= 0.6 is 0 Å². The van der Waals surface area contributed by atoms with E-state index in [2.05, 4.69) is 46.9 Å². The van der Waals surface area contributed by atoms with Crippen LogP contribution in [0.3, 0.4) is 0 Å². The summed E-state index contributed by atoms with van der Waals surface area (Å²) in [5.41, 5.74) is 0.743. The SMILES string of the molecule is CC(C)C1(C(C)(C)C)CCC(NC(=O)C2(C)CC2)CC1. The molecule has 2 heteroatoms. The van der Waals surface area contributed by atoms with Crippen molar-refractivity contribution < 1.29 is 4.79 Å². The molecule has 0 heterocycles. The van der Waals surface area contributed by atoms with Gasteiger partial charge in [0.15, 0.2) is 0 Å². The number of carbonyl (C=O) groups is 1. The summed E-state index contributed by atoms with van der Waals surface area (Å²) in [4.78, 5) is 12.2. The number of nitrogens with one attached hydrogen (secondary N) is 1. The summed E-state index contributed by atoms with van der Waals surface area (Å²) in [7, 11) is 0. The molecule has 0 bridgehead atoms. The van der Waals surface area contributed by atoms with Gasteiger partial charge in [0.1, 0.15) is 0 Å². The summed E-state index contributed by atoms with van der Waals surface area (Å²) in [6.07, 6.45) is 6.94. The van der Waals surface area contributed by atoms with Gasteiger partial charge in [-0.05, 0) is 55.3 Å². The first-order valence-electron chi connectivity index (χ1n) is 8.42. The fourth-order valence-corrected chi connectivity index (χ4v) is 4.24. The van der Waals surface area contributed by atoms with Gasteiger partial charge in [-0.3, -0.25) is 4.79 Å². The molecule has 0 unspecified atom stereocenters. The molecule has 0 spiro atoms. The van der Waals surface area contributed by atoms with E-state index in [-0.39, 0.29) is 5.41 Å². The van der Waals surface area contributed by atoms with Gasteiger partial charge in [0, 0.05) is 11.5 Å². The highest BCUT2D eigenvalue weighted by molar-refractivity contribution is 5.85. The van der Waals surface area contributed by atoms with E-state index in [9.17, 15) is 4.79 Å². The normalized spacial score (nSPS) is 33.0. The molecule has 1 amide bonds. The minimum atomic E-state index is -0.0311. The number of hydrogen-bond donors (Lipinski definition) is 1. The fourth-order valence-electron chi connectivity index (χ4n) is 4.24. The van der Waals surface area contributed by atoms with Crippen LogP contribution in [0.2, 0.25) is 0 Å². The Balaban J connectivity index is 1.95. The Kier molecular flexibility index (Phi) is 3.99. The molecule has 2 nitrogen and oxygen atoms in total. The van der Waals surface area contributed by atoms with Crippen LogP contribution in [0.15, 0.2) is 0 Å². The average molecular weight is 279 g/mol. The van der Waals surface area contributed by atoms with Gasteiger partial charge in [-0.25, -0.2) is 0 Å². The van der Waals surface area contributed by atoms with Crippen LogP contribution in [0.4, 0.5) is 0 Å². The topological polar surface area (TPSA) is 29.1 Å². The largest absolute Gasteiger partial charge is 0.353 e. The van der Waals surface area contributed by atoms with Crippen molar-refractivity contribution in [1.82, 2.24) is 5.32 Å². The molecule has 2 aliphatic carbocycles. The second-order valence-electron chi connectivity index (χ2n) is 8.87. The first-order chi connectivity index (χ1) is 9.11. The summed E-state index contributed by atoms with van der Waals surface area (Å²) in [5, 5.41) is 3.31. The minimum Gasteiger partial charge on any atom is -0.353 e. The van der Waals surface area contributed by atoms with E-state index in [1.54, 1.807) is 0 Å². The number of amides is 1. The van der Waals surface area contributed by atoms with Gasteiger partial charge < -0.3 is 5.32 Å². The zero-order chi connectivity index (χ0) is 15.2. The Morgan fingerprint density at radius 3 is 1.95 bits per heavy atom.